The van der Waals surface area contributed by atoms with Gasteiger partial charge in [-0.15, -0.1) is 0 Å². The fourth-order valence-electron chi connectivity index (χ4n) is 1.10. The van der Waals surface area contributed by atoms with Crippen molar-refractivity contribution in [1.29, 1.82) is 0 Å². The summed E-state index contributed by atoms with van der Waals surface area (Å²) in [6, 6.07) is 0.550. The highest BCUT2D eigenvalue weighted by molar-refractivity contribution is 4.63. The van der Waals surface area contributed by atoms with Crippen molar-refractivity contribution in [1.82, 2.24) is 5.32 Å². The summed E-state index contributed by atoms with van der Waals surface area (Å²) in [5.74, 6) is 0.671. The lowest BCUT2D eigenvalue weighted by Crippen LogP contribution is -2.33. The van der Waals surface area contributed by atoms with Gasteiger partial charge >= 0.3 is 0 Å². The Kier molecular flexibility index (Phi) is 7.98. The van der Waals surface area contributed by atoms with E-state index in [1.165, 1.54) is 0 Å². The number of nitrogens with one attached hydrogen (secondary N) is 1. The summed E-state index contributed by atoms with van der Waals surface area (Å²) in [7, 11) is 0. The second-order valence-corrected chi connectivity index (χ2v) is 5.56. The van der Waals surface area contributed by atoms with Gasteiger partial charge in [-0.3, -0.25) is 0 Å². The predicted octanol–water partition coefficient (Wildman–Crippen LogP) is 2.45. The van der Waals surface area contributed by atoms with Gasteiger partial charge in [-0.1, -0.05) is 13.8 Å². The van der Waals surface area contributed by atoms with E-state index in [9.17, 15) is 0 Å². The van der Waals surface area contributed by atoms with Crippen LogP contribution < -0.4 is 5.32 Å². The lowest BCUT2D eigenvalue weighted by Gasteiger charge is -2.20. The molecule has 0 amide bonds. The maximum atomic E-state index is 5.55. The second-order valence-electron chi connectivity index (χ2n) is 5.56. The first-order valence-corrected chi connectivity index (χ1v) is 6.28. The van der Waals surface area contributed by atoms with Crippen molar-refractivity contribution in [3.8, 4) is 0 Å². The summed E-state index contributed by atoms with van der Waals surface area (Å²) in [4.78, 5) is 0. The quantitative estimate of drug-likeness (QED) is 0.651. The molecule has 1 atom stereocenters. The largest absolute Gasteiger partial charge is 0.378 e. The molecule has 0 unspecified atom stereocenters. The van der Waals surface area contributed by atoms with Crippen LogP contribution in [0.1, 0.15) is 41.5 Å². The topological polar surface area (TPSA) is 30.5 Å². The molecule has 0 saturated carbocycles. The molecule has 0 spiro atoms. The molecule has 0 aromatic heterocycles. The summed E-state index contributed by atoms with van der Waals surface area (Å²) < 4.78 is 11.0. The van der Waals surface area contributed by atoms with Crippen molar-refractivity contribution in [3.63, 3.8) is 0 Å². The SMILES string of the molecule is CC(C)[C@H](C)NCCOCCOC(C)(C)C. The Morgan fingerprint density at radius 2 is 1.62 bits per heavy atom. The molecule has 0 heterocycles. The summed E-state index contributed by atoms with van der Waals surface area (Å²) in [5.41, 5.74) is -0.0617. The molecule has 0 radical (unpaired) electrons. The molecular weight excluding hydrogens is 202 g/mol. The van der Waals surface area contributed by atoms with E-state index in [1.807, 2.05) is 0 Å². The van der Waals surface area contributed by atoms with Gasteiger partial charge in [0.15, 0.2) is 0 Å². The summed E-state index contributed by atoms with van der Waals surface area (Å²) in [6.07, 6.45) is 0. The lowest BCUT2D eigenvalue weighted by atomic mass is 10.1. The fourth-order valence-corrected chi connectivity index (χ4v) is 1.10. The normalized spacial score (nSPS) is 14.4. The van der Waals surface area contributed by atoms with Crippen LogP contribution in [-0.4, -0.2) is 38.0 Å². The van der Waals surface area contributed by atoms with Crippen molar-refractivity contribution in [2.24, 2.45) is 5.92 Å². The van der Waals surface area contributed by atoms with Gasteiger partial charge < -0.3 is 14.8 Å². The third-order valence-corrected chi connectivity index (χ3v) is 2.48. The minimum atomic E-state index is -0.0617. The Morgan fingerprint density at radius 3 is 2.12 bits per heavy atom. The zero-order valence-electron chi connectivity index (χ0n) is 11.8. The van der Waals surface area contributed by atoms with Crippen molar-refractivity contribution in [2.75, 3.05) is 26.4 Å². The van der Waals surface area contributed by atoms with Crippen molar-refractivity contribution in [3.05, 3.63) is 0 Å². The minimum absolute atomic E-state index is 0.0617. The summed E-state index contributed by atoms with van der Waals surface area (Å²) >= 11 is 0. The number of rotatable bonds is 8. The van der Waals surface area contributed by atoms with Crippen LogP contribution in [0.5, 0.6) is 0 Å². The van der Waals surface area contributed by atoms with E-state index in [4.69, 9.17) is 9.47 Å². The smallest absolute Gasteiger partial charge is 0.0707 e. The first-order valence-electron chi connectivity index (χ1n) is 6.28. The molecular formula is C13H29NO2. The third kappa shape index (κ3) is 10.4. The van der Waals surface area contributed by atoms with Crippen LogP contribution in [-0.2, 0) is 9.47 Å². The van der Waals surface area contributed by atoms with Crippen molar-refractivity contribution in [2.45, 2.75) is 53.2 Å². The van der Waals surface area contributed by atoms with Crippen LogP contribution in [0.4, 0.5) is 0 Å². The Hall–Kier alpha value is -0.120. The maximum absolute atomic E-state index is 5.55. The summed E-state index contributed by atoms with van der Waals surface area (Å²) in [6.45, 7) is 15.8. The second kappa shape index (κ2) is 8.04. The molecule has 0 rings (SSSR count). The van der Waals surface area contributed by atoms with Gasteiger partial charge in [0.1, 0.15) is 0 Å². The predicted molar refractivity (Wildman–Crippen MR) is 68.8 cm³/mol. The highest BCUT2D eigenvalue weighted by Gasteiger charge is 2.09. The van der Waals surface area contributed by atoms with Gasteiger partial charge in [-0.25, -0.2) is 0 Å². The molecule has 0 aliphatic heterocycles. The molecule has 3 nitrogen and oxygen atoms in total. The Balaban J connectivity index is 3.22. The molecule has 0 aliphatic carbocycles. The van der Waals surface area contributed by atoms with Crippen LogP contribution in [0.3, 0.4) is 0 Å². The Bertz CT molecular complexity index is 164. The molecule has 0 fully saturated rings. The Morgan fingerprint density at radius 1 is 1.00 bits per heavy atom. The third-order valence-electron chi connectivity index (χ3n) is 2.48. The molecule has 0 bridgehead atoms. The highest BCUT2D eigenvalue weighted by atomic mass is 16.5. The first-order chi connectivity index (χ1) is 7.33. The molecule has 3 heteroatoms. The van der Waals surface area contributed by atoms with Gasteiger partial charge in [0.2, 0.25) is 0 Å². The van der Waals surface area contributed by atoms with E-state index in [-0.39, 0.29) is 5.60 Å². The van der Waals surface area contributed by atoms with Gasteiger partial charge in [-0.2, -0.15) is 0 Å². The fraction of sp³-hybridized carbons (Fsp3) is 1.00. The molecule has 1 N–H and O–H groups in total. The van der Waals surface area contributed by atoms with E-state index < -0.39 is 0 Å². The highest BCUT2D eigenvalue weighted by Crippen LogP contribution is 2.05. The first kappa shape index (κ1) is 15.9. The minimum Gasteiger partial charge on any atom is -0.378 e. The number of hydrogen-bond acceptors (Lipinski definition) is 3. The van der Waals surface area contributed by atoms with Crippen LogP contribution in [0.25, 0.3) is 0 Å². The monoisotopic (exact) mass is 231 g/mol. The number of hydrogen-bond donors (Lipinski definition) is 1. The zero-order valence-corrected chi connectivity index (χ0v) is 11.8. The lowest BCUT2D eigenvalue weighted by molar-refractivity contribution is -0.0345. The Labute approximate surface area is 101 Å². The van der Waals surface area contributed by atoms with Crippen molar-refractivity contribution < 1.29 is 9.47 Å². The number of ether oxygens (including phenoxy) is 2. The average Bonchev–Trinajstić information content (AvgIpc) is 2.14. The van der Waals surface area contributed by atoms with Crippen LogP contribution in [0, 0.1) is 5.92 Å². The van der Waals surface area contributed by atoms with E-state index in [1.54, 1.807) is 0 Å². The van der Waals surface area contributed by atoms with E-state index in [0.29, 0.717) is 25.2 Å². The van der Waals surface area contributed by atoms with Gasteiger partial charge in [0.05, 0.1) is 25.4 Å². The van der Waals surface area contributed by atoms with E-state index in [2.05, 4.69) is 46.9 Å². The zero-order chi connectivity index (χ0) is 12.6. The van der Waals surface area contributed by atoms with Gasteiger partial charge in [-0.05, 0) is 33.6 Å². The van der Waals surface area contributed by atoms with E-state index >= 15 is 0 Å². The maximum Gasteiger partial charge on any atom is 0.0707 e. The summed E-state index contributed by atoms with van der Waals surface area (Å²) in [5, 5.41) is 3.42. The van der Waals surface area contributed by atoms with Gasteiger partial charge in [0, 0.05) is 12.6 Å². The molecule has 0 saturated heterocycles. The molecule has 16 heavy (non-hydrogen) atoms. The van der Waals surface area contributed by atoms with E-state index in [0.717, 1.165) is 13.2 Å². The molecule has 98 valence electrons. The molecule has 0 aromatic rings. The standard InChI is InChI=1S/C13H29NO2/c1-11(2)12(3)14-7-8-15-9-10-16-13(4,5)6/h11-12,14H,7-10H2,1-6H3/t12-/m0/s1. The van der Waals surface area contributed by atoms with Crippen LogP contribution >= 0.6 is 0 Å². The van der Waals surface area contributed by atoms with Crippen LogP contribution in [0.2, 0.25) is 0 Å². The average molecular weight is 231 g/mol. The van der Waals surface area contributed by atoms with Crippen molar-refractivity contribution >= 4 is 0 Å². The molecule has 0 aliphatic rings. The van der Waals surface area contributed by atoms with Gasteiger partial charge in [0.25, 0.3) is 0 Å². The van der Waals surface area contributed by atoms with Crippen LogP contribution in [0.15, 0.2) is 0 Å². The molecule has 0 aromatic carbocycles.